The number of nitrogens with zero attached hydrogens (tertiary/aromatic N) is 2. The first kappa shape index (κ1) is 14.5. The highest BCUT2D eigenvalue weighted by molar-refractivity contribution is 5.10. The smallest absolute Gasteiger partial charge is 0.0644 e. The maximum absolute atomic E-state index is 5.98. The Bertz CT molecular complexity index is 378. The standard InChI is InChI=1S/C16H27N3/c1-16(2)9-7-13(8-10-16)19(3)15(12-17)14-6-4-5-11-18-14/h4-6,11,13,15H,7-10,12,17H2,1-3H3. The van der Waals surface area contributed by atoms with Crippen molar-refractivity contribution in [2.24, 2.45) is 11.1 Å². The number of aromatic nitrogens is 1. The molecule has 2 rings (SSSR count). The molecule has 1 aromatic heterocycles. The summed E-state index contributed by atoms with van der Waals surface area (Å²) in [5, 5.41) is 0. The number of nitrogens with two attached hydrogens (primary N) is 1. The van der Waals surface area contributed by atoms with Crippen LogP contribution in [0.25, 0.3) is 0 Å². The third kappa shape index (κ3) is 3.54. The van der Waals surface area contributed by atoms with Crippen molar-refractivity contribution in [3.8, 4) is 0 Å². The fourth-order valence-electron chi connectivity index (χ4n) is 3.11. The van der Waals surface area contributed by atoms with E-state index in [0.29, 0.717) is 18.0 Å². The van der Waals surface area contributed by atoms with E-state index in [9.17, 15) is 0 Å². The molecule has 3 nitrogen and oxygen atoms in total. The fourth-order valence-corrected chi connectivity index (χ4v) is 3.11. The van der Waals surface area contributed by atoms with Gasteiger partial charge >= 0.3 is 0 Å². The Hall–Kier alpha value is -0.930. The molecule has 3 heteroatoms. The van der Waals surface area contributed by atoms with Gasteiger partial charge in [-0.25, -0.2) is 0 Å². The van der Waals surface area contributed by atoms with Crippen LogP contribution in [-0.2, 0) is 0 Å². The molecular formula is C16H27N3. The van der Waals surface area contributed by atoms with Gasteiger partial charge in [-0.1, -0.05) is 19.9 Å². The molecule has 106 valence electrons. The first-order chi connectivity index (χ1) is 9.03. The Morgan fingerprint density at radius 3 is 2.58 bits per heavy atom. The van der Waals surface area contributed by atoms with Gasteiger partial charge in [0.05, 0.1) is 11.7 Å². The molecule has 1 unspecified atom stereocenters. The van der Waals surface area contributed by atoms with E-state index in [1.807, 2.05) is 18.3 Å². The van der Waals surface area contributed by atoms with Crippen molar-refractivity contribution >= 4 is 0 Å². The van der Waals surface area contributed by atoms with Gasteiger partial charge in [0.2, 0.25) is 0 Å². The second kappa shape index (κ2) is 6.02. The van der Waals surface area contributed by atoms with Crippen LogP contribution in [0.5, 0.6) is 0 Å². The molecule has 0 bridgehead atoms. The van der Waals surface area contributed by atoms with Gasteiger partial charge in [-0.05, 0) is 50.3 Å². The molecule has 1 atom stereocenters. The van der Waals surface area contributed by atoms with Crippen LogP contribution < -0.4 is 5.73 Å². The van der Waals surface area contributed by atoms with E-state index < -0.39 is 0 Å². The Balaban J connectivity index is 2.04. The summed E-state index contributed by atoms with van der Waals surface area (Å²) in [6, 6.07) is 6.97. The van der Waals surface area contributed by atoms with Gasteiger partial charge in [0.15, 0.2) is 0 Å². The van der Waals surface area contributed by atoms with Crippen LogP contribution in [0.1, 0.15) is 51.3 Å². The van der Waals surface area contributed by atoms with Gasteiger partial charge in [-0.15, -0.1) is 0 Å². The van der Waals surface area contributed by atoms with Crippen LogP contribution in [0.15, 0.2) is 24.4 Å². The summed E-state index contributed by atoms with van der Waals surface area (Å²) in [6.07, 6.45) is 7.01. The Morgan fingerprint density at radius 2 is 2.05 bits per heavy atom. The molecule has 0 radical (unpaired) electrons. The van der Waals surface area contributed by atoms with Crippen LogP contribution in [-0.4, -0.2) is 29.5 Å². The molecule has 1 saturated carbocycles. The lowest BCUT2D eigenvalue weighted by Crippen LogP contribution is -2.42. The van der Waals surface area contributed by atoms with Crippen LogP contribution in [0, 0.1) is 5.41 Å². The second-order valence-electron chi connectivity index (χ2n) is 6.57. The van der Waals surface area contributed by atoms with E-state index in [1.165, 1.54) is 25.7 Å². The lowest BCUT2D eigenvalue weighted by Gasteiger charge is -2.41. The molecule has 19 heavy (non-hydrogen) atoms. The maximum atomic E-state index is 5.98. The molecule has 1 aliphatic carbocycles. The van der Waals surface area contributed by atoms with E-state index in [-0.39, 0.29) is 6.04 Å². The normalized spacial score (nSPS) is 21.5. The summed E-state index contributed by atoms with van der Waals surface area (Å²) in [7, 11) is 2.20. The SMILES string of the molecule is CN(C1CCC(C)(C)CC1)C(CN)c1ccccn1. The first-order valence-electron chi connectivity index (χ1n) is 7.36. The van der Waals surface area contributed by atoms with E-state index in [2.05, 4.69) is 36.8 Å². The van der Waals surface area contributed by atoms with Crippen LogP contribution in [0.4, 0.5) is 0 Å². The van der Waals surface area contributed by atoms with E-state index in [1.54, 1.807) is 0 Å². The molecule has 0 amide bonds. The minimum Gasteiger partial charge on any atom is -0.329 e. The predicted octanol–water partition coefficient (Wildman–Crippen LogP) is 2.98. The van der Waals surface area contributed by atoms with Gasteiger partial charge in [-0.2, -0.15) is 0 Å². The molecule has 0 aromatic carbocycles. The molecule has 0 spiro atoms. The Morgan fingerprint density at radius 1 is 1.37 bits per heavy atom. The topological polar surface area (TPSA) is 42.1 Å². The van der Waals surface area contributed by atoms with Crippen LogP contribution in [0.3, 0.4) is 0 Å². The van der Waals surface area contributed by atoms with E-state index in [0.717, 1.165) is 5.69 Å². The van der Waals surface area contributed by atoms with Gasteiger partial charge in [0.1, 0.15) is 0 Å². The Kier molecular flexibility index (Phi) is 4.58. The summed E-state index contributed by atoms with van der Waals surface area (Å²) in [5.74, 6) is 0. The van der Waals surface area contributed by atoms with Crippen LogP contribution >= 0.6 is 0 Å². The van der Waals surface area contributed by atoms with Crippen molar-refractivity contribution in [1.82, 2.24) is 9.88 Å². The second-order valence-corrected chi connectivity index (χ2v) is 6.57. The molecular weight excluding hydrogens is 234 g/mol. The zero-order chi connectivity index (χ0) is 13.9. The number of hydrogen-bond acceptors (Lipinski definition) is 3. The number of rotatable bonds is 4. The molecule has 0 aliphatic heterocycles. The molecule has 1 heterocycles. The van der Waals surface area contributed by atoms with Crippen molar-refractivity contribution in [1.29, 1.82) is 0 Å². The van der Waals surface area contributed by atoms with Gasteiger partial charge in [0, 0.05) is 18.8 Å². The number of likely N-dealkylation sites (N-methyl/N-ethyl adjacent to an activating group) is 1. The summed E-state index contributed by atoms with van der Waals surface area (Å²) < 4.78 is 0. The average molecular weight is 261 g/mol. The molecule has 1 fully saturated rings. The summed E-state index contributed by atoms with van der Waals surface area (Å²) in [5.41, 5.74) is 7.59. The molecule has 2 N–H and O–H groups in total. The third-order valence-corrected chi connectivity index (χ3v) is 4.63. The minimum absolute atomic E-state index is 0.243. The summed E-state index contributed by atoms with van der Waals surface area (Å²) in [6.45, 7) is 5.39. The lowest BCUT2D eigenvalue weighted by atomic mass is 9.75. The Labute approximate surface area is 117 Å². The molecule has 1 aromatic rings. The zero-order valence-corrected chi connectivity index (χ0v) is 12.5. The van der Waals surface area contributed by atoms with Crippen LogP contribution in [0.2, 0.25) is 0 Å². The largest absolute Gasteiger partial charge is 0.329 e. The summed E-state index contributed by atoms with van der Waals surface area (Å²) >= 11 is 0. The van der Waals surface area contributed by atoms with Gasteiger partial charge in [-0.3, -0.25) is 9.88 Å². The third-order valence-electron chi connectivity index (χ3n) is 4.63. The molecule has 1 aliphatic rings. The predicted molar refractivity (Wildman–Crippen MR) is 79.8 cm³/mol. The quantitative estimate of drug-likeness (QED) is 0.906. The maximum Gasteiger partial charge on any atom is 0.0644 e. The van der Waals surface area contributed by atoms with Crippen molar-refractivity contribution < 1.29 is 0 Å². The highest BCUT2D eigenvalue weighted by Gasteiger charge is 2.31. The van der Waals surface area contributed by atoms with Gasteiger partial charge in [0.25, 0.3) is 0 Å². The van der Waals surface area contributed by atoms with E-state index >= 15 is 0 Å². The minimum atomic E-state index is 0.243. The highest BCUT2D eigenvalue weighted by atomic mass is 15.2. The van der Waals surface area contributed by atoms with Crippen molar-refractivity contribution in [3.05, 3.63) is 30.1 Å². The molecule has 0 saturated heterocycles. The van der Waals surface area contributed by atoms with E-state index in [4.69, 9.17) is 5.73 Å². The highest BCUT2D eigenvalue weighted by Crippen LogP contribution is 2.38. The first-order valence-corrected chi connectivity index (χ1v) is 7.36. The lowest BCUT2D eigenvalue weighted by molar-refractivity contribution is 0.0952. The summed E-state index contributed by atoms with van der Waals surface area (Å²) in [4.78, 5) is 6.91. The van der Waals surface area contributed by atoms with Crippen molar-refractivity contribution in [2.75, 3.05) is 13.6 Å². The van der Waals surface area contributed by atoms with Gasteiger partial charge < -0.3 is 5.73 Å². The zero-order valence-electron chi connectivity index (χ0n) is 12.5. The monoisotopic (exact) mass is 261 g/mol. The fraction of sp³-hybridized carbons (Fsp3) is 0.688. The number of hydrogen-bond donors (Lipinski definition) is 1. The van der Waals surface area contributed by atoms with Crippen molar-refractivity contribution in [3.63, 3.8) is 0 Å². The average Bonchev–Trinajstić information content (AvgIpc) is 2.40. The number of pyridine rings is 1. The van der Waals surface area contributed by atoms with Crippen molar-refractivity contribution in [2.45, 2.75) is 51.6 Å².